The number of anilines is 1. The lowest BCUT2D eigenvalue weighted by atomic mass is 9.49. The Morgan fingerprint density at radius 2 is 1.55 bits per heavy atom. The van der Waals surface area contributed by atoms with E-state index in [-0.39, 0.29) is 23.7 Å². The van der Waals surface area contributed by atoms with Crippen molar-refractivity contribution in [2.45, 2.75) is 51.9 Å². The molecule has 4 fully saturated rings. The van der Waals surface area contributed by atoms with E-state index in [1.165, 1.54) is 19.3 Å². The van der Waals surface area contributed by atoms with Gasteiger partial charge in [-0.15, -0.1) is 0 Å². The molecule has 6 heteroatoms. The third-order valence-electron chi connectivity index (χ3n) is 7.16. The second-order valence-corrected chi connectivity index (χ2v) is 9.27. The van der Waals surface area contributed by atoms with Crippen LogP contribution < -0.4 is 20.1 Å². The van der Waals surface area contributed by atoms with Gasteiger partial charge in [-0.2, -0.15) is 0 Å². The molecule has 2 amide bonds. The van der Waals surface area contributed by atoms with Gasteiger partial charge in [0.2, 0.25) is 11.8 Å². The molecule has 0 heterocycles. The van der Waals surface area contributed by atoms with Gasteiger partial charge in [-0.25, -0.2) is 0 Å². The van der Waals surface area contributed by atoms with Crippen molar-refractivity contribution in [3.63, 3.8) is 0 Å². The summed E-state index contributed by atoms with van der Waals surface area (Å²) in [5, 5.41) is 5.99. The van der Waals surface area contributed by atoms with Crippen molar-refractivity contribution in [1.82, 2.24) is 5.32 Å². The zero-order chi connectivity index (χ0) is 20.6. The number of rotatable bonds is 7. The van der Waals surface area contributed by atoms with Crippen molar-refractivity contribution in [1.29, 1.82) is 0 Å². The molecular weight excluding hydrogens is 368 g/mol. The van der Waals surface area contributed by atoms with Crippen molar-refractivity contribution in [2.24, 2.45) is 23.2 Å². The Kier molecular flexibility index (Phi) is 5.45. The van der Waals surface area contributed by atoms with E-state index in [2.05, 4.69) is 10.6 Å². The highest BCUT2D eigenvalue weighted by Gasteiger charge is 2.54. The number of hydrogen-bond acceptors (Lipinski definition) is 4. The van der Waals surface area contributed by atoms with Gasteiger partial charge in [0.15, 0.2) is 11.5 Å². The molecular formula is C23H32N2O4. The largest absolute Gasteiger partial charge is 0.493 e. The first-order valence-electron chi connectivity index (χ1n) is 10.7. The first-order chi connectivity index (χ1) is 13.9. The summed E-state index contributed by atoms with van der Waals surface area (Å²) < 4.78 is 10.6. The lowest BCUT2D eigenvalue weighted by Crippen LogP contribution is -2.53. The van der Waals surface area contributed by atoms with Crippen LogP contribution in [0, 0.1) is 30.1 Å². The molecule has 158 valence electrons. The molecule has 0 saturated heterocycles. The van der Waals surface area contributed by atoms with Gasteiger partial charge >= 0.3 is 0 Å². The fraction of sp³-hybridized carbons (Fsp3) is 0.652. The number of carbonyl (C=O) groups is 2. The smallest absolute Gasteiger partial charge is 0.226 e. The van der Waals surface area contributed by atoms with Crippen molar-refractivity contribution in [3.8, 4) is 11.5 Å². The molecule has 0 radical (unpaired) electrons. The lowest BCUT2D eigenvalue weighted by Gasteiger charge is -2.55. The van der Waals surface area contributed by atoms with E-state index in [0.29, 0.717) is 23.7 Å². The van der Waals surface area contributed by atoms with Crippen LogP contribution in [0.5, 0.6) is 11.5 Å². The highest BCUT2D eigenvalue weighted by Crippen LogP contribution is 2.60. The van der Waals surface area contributed by atoms with Crippen LogP contribution in [0.25, 0.3) is 0 Å². The van der Waals surface area contributed by atoms with Crippen LogP contribution in [0.4, 0.5) is 5.69 Å². The van der Waals surface area contributed by atoms with Crippen molar-refractivity contribution in [2.75, 3.05) is 26.1 Å². The third kappa shape index (κ3) is 3.94. The summed E-state index contributed by atoms with van der Waals surface area (Å²) in [4.78, 5) is 25.4. The topological polar surface area (TPSA) is 76.7 Å². The molecule has 1 aromatic carbocycles. The quantitative estimate of drug-likeness (QED) is 0.732. The SMILES string of the molecule is COc1cc(C)c(NC(=O)CCNC(=O)C23CC4CC(CC(C4)C2)C3)cc1OC. The van der Waals surface area contributed by atoms with Gasteiger partial charge < -0.3 is 20.1 Å². The fourth-order valence-corrected chi connectivity index (χ4v) is 6.19. The molecule has 2 N–H and O–H groups in total. The standard InChI is InChI=1S/C23H32N2O4/c1-14-6-19(28-2)20(29-3)10-18(14)25-21(26)4-5-24-22(27)23-11-15-7-16(12-23)9-17(8-15)13-23/h6,10,15-17H,4-5,7-9,11-13H2,1-3H3,(H,24,27)(H,25,26). The van der Waals surface area contributed by atoms with E-state index in [9.17, 15) is 9.59 Å². The van der Waals surface area contributed by atoms with E-state index in [1.54, 1.807) is 20.3 Å². The Morgan fingerprint density at radius 1 is 1.00 bits per heavy atom. The summed E-state index contributed by atoms with van der Waals surface area (Å²) in [6.45, 7) is 2.28. The maximum absolute atomic E-state index is 13.0. The van der Waals surface area contributed by atoms with Gasteiger partial charge in [0.25, 0.3) is 0 Å². The second kappa shape index (κ2) is 7.88. The zero-order valence-corrected chi connectivity index (χ0v) is 17.7. The number of benzene rings is 1. The molecule has 6 nitrogen and oxygen atoms in total. The number of amides is 2. The third-order valence-corrected chi connectivity index (χ3v) is 7.16. The fourth-order valence-electron chi connectivity index (χ4n) is 6.19. The van der Waals surface area contributed by atoms with Gasteiger partial charge in [-0.3, -0.25) is 9.59 Å². The maximum Gasteiger partial charge on any atom is 0.226 e. The first-order valence-corrected chi connectivity index (χ1v) is 10.7. The van der Waals surface area contributed by atoms with Crippen molar-refractivity contribution < 1.29 is 19.1 Å². The summed E-state index contributed by atoms with van der Waals surface area (Å²) in [6.07, 6.45) is 7.34. The number of methoxy groups -OCH3 is 2. The predicted molar refractivity (Wildman–Crippen MR) is 111 cm³/mol. The van der Waals surface area contributed by atoms with Crippen LogP contribution in [0.3, 0.4) is 0 Å². The Bertz CT molecular complexity index is 769. The van der Waals surface area contributed by atoms with E-state index in [1.807, 2.05) is 13.0 Å². The maximum atomic E-state index is 13.0. The van der Waals surface area contributed by atoms with Crippen LogP contribution in [0.1, 0.15) is 50.5 Å². The first kappa shape index (κ1) is 20.0. The van der Waals surface area contributed by atoms with Gasteiger partial charge in [-0.05, 0) is 74.8 Å². The summed E-state index contributed by atoms with van der Waals surface area (Å²) in [6, 6.07) is 3.60. The van der Waals surface area contributed by atoms with Crippen LogP contribution in [-0.4, -0.2) is 32.6 Å². The highest BCUT2D eigenvalue weighted by molar-refractivity contribution is 5.92. The van der Waals surface area contributed by atoms with Crippen LogP contribution in [0.2, 0.25) is 0 Å². The predicted octanol–water partition coefficient (Wildman–Crippen LogP) is 3.67. The lowest BCUT2D eigenvalue weighted by molar-refractivity contribution is -0.146. The van der Waals surface area contributed by atoms with Crippen LogP contribution in [-0.2, 0) is 9.59 Å². The molecule has 4 saturated carbocycles. The van der Waals surface area contributed by atoms with Gasteiger partial charge in [-0.1, -0.05) is 0 Å². The van der Waals surface area contributed by atoms with Gasteiger partial charge in [0.1, 0.15) is 0 Å². The Labute approximate surface area is 172 Å². The molecule has 4 aliphatic rings. The summed E-state index contributed by atoms with van der Waals surface area (Å²) in [5.74, 6) is 3.47. The minimum Gasteiger partial charge on any atom is -0.493 e. The number of nitrogens with one attached hydrogen (secondary N) is 2. The highest BCUT2D eigenvalue weighted by atomic mass is 16.5. The molecule has 0 aromatic heterocycles. The summed E-state index contributed by atoms with van der Waals surface area (Å²) in [5.41, 5.74) is 1.43. The molecule has 4 bridgehead atoms. The van der Waals surface area contributed by atoms with E-state index < -0.39 is 0 Å². The molecule has 0 spiro atoms. The van der Waals surface area contributed by atoms with Crippen molar-refractivity contribution >= 4 is 17.5 Å². The van der Waals surface area contributed by atoms with Crippen molar-refractivity contribution in [3.05, 3.63) is 17.7 Å². The minimum atomic E-state index is -0.162. The monoisotopic (exact) mass is 400 g/mol. The second-order valence-electron chi connectivity index (χ2n) is 9.27. The van der Waals surface area contributed by atoms with E-state index in [0.717, 1.165) is 42.6 Å². The Morgan fingerprint density at radius 3 is 2.10 bits per heavy atom. The van der Waals surface area contributed by atoms with Gasteiger partial charge in [0.05, 0.1) is 14.2 Å². The Hall–Kier alpha value is -2.24. The minimum absolute atomic E-state index is 0.119. The van der Waals surface area contributed by atoms with E-state index >= 15 is 0 Å². The molecule has 0 aliphatic heterocycles. The summed E-state index contributed by atoms with van der Waals surface area (Å²) in [7, 11) is 3.15. The molecule has 0 unspecified atom stereocenters. The molecule has 29 heavy (non-hydrogen) atoms. The summed E-state index contributed by atoms with van der Waals surface area (Å²) >= 11 is 0. The number of aryl methyl sites for hydroxylation is 1. The average molecular weight is 401 g/mol. The number of ether oxygens (including phenoxy) is 2. The zero-order valence-electron chi connectivity index (χ0n) is 17.7. The molecule has 5 rings (SSSR count). The molecule has 1 aromatic rings. The van der Waals surface area contributed by atoms with Crippen LogP contribution in [0.15, 0.2) is 12.1 Å². The van der Waals surface area contributed by atoms with Gasteiger partial charge in [0, 0.05) is 30.1 Å². The molecule has 4 aliphatic carbocycles. The Balaban J connectivity index is 1.30. The van der Waals surface area contributed by atoms with Crippen LogP contribution >= 0.6 is 0 Å². The van der Waals surface area contributed by atoms with E-state index in [4.69, 9.17) is 9.47 Å². The average Bonchev–Trinajstić information content (AvgIpc) is 2.68. The molecule has 0 atom stereocenters. The number of carbonyl (C=O) groups excluding carboxylic acids is 2. The normalized spacial score (nSPS) is 29.4. The number of hydrogen-bond donors (Lipinski definition) is 2.